The van der Waals surface area contributed by atoms with Crippen LogP contribution in [0.25, 0.3) is 11.4 Å². The molecule has 4 heterocycles. The molecular formula is C32H37F3N6O5. The molecule has 14 heteroatoms. The van der Waals surface area contributed by atoms with Crippen molar-refractivity contribution in [2.45, 2.75) is 83.0 Å². The van der Waals surface area contributed by atoms with Crippen molar-refractivity contribution in [3.8, 4) is 0 Å². The van der Waals surface area contributed by atoms with Crippen LogP contribution < -0.4 is 10.9 Å². The van der Waals surface area contributed by atoms with Gasteiger partial charge in [-0.15, -0.1) is 5.10 Å². The molecule has 1 fully saturated rings. The number of benzene rings is 1. The molecule has 3 aliphatic rings. The third kappa shape index (κ3) is 6.02. The van der Waals surface area contributed by atoms with Crippen LogP contribution in [0.3, 0.4) is 0 Å². The Morgan fingerprint density at radius 1 is 1.13 bits per heavy atom. The van der Waals surface area contributed by atoms with Crippen molar-refractivity contribution >= 4 is 29.0 Å². The van der Waals surface area contributed by atoms with E-state index >= 15 is 0 Å². The number of likely N-dealkylation sites (tertiary alicyclic amines) is 1. The lowest BCUT2D eigenvalue weighted by Crippen LogP contribution is -2.48. The smallest absolute Gasteiger partial charge is 0.416 e. The molecule has 0 radical (unpaired) electrons. The van der Waals surface area contributed by atoms with Crippen molar-refractivity contribution in [1.82, 2.24) is 24.1 Å². The molecule has 2 aromatic heterocycles. The fraction of sp³-hybridized carbons (Fsp3) is 0.531. The zero-order chi connectivity index (χ0) is 33.0. The summed E-state index contributed by atoms with van der Waals surface area (Å²) in [6, 6.07) is 4.23. The van der Waals surface area contributed by atoms with Crippen molar-refractivity contribution in [3.05, 3.63) is 63.3 Å². The van der Waals surface area contributed by atoms with Gasteiger partial charge in [0.15, 0.2) is 5.82 Å². The molecule has 0 unspecified atom stereocenters. The Labute approximate surface area is 263 Å². The Morgan fingerprint density at radius 2 is 1.83 bits per heavy atom. The number of aromatic nitrogens is 4. The van der Waals surface area contributed by atoms with Gasteiger partial charge in [0.25, 0.3) is 5.56 Å². The van der Waals surface area contributed by atoms with E-state index in [1.807, 2.05) is 33.8 Å². The number of nitrogens with zero attached hydrogens (tertiary/aromatic N) is 5. The third-order valence-electron chi connectivity index (χ3n) is 8.90. The second-order valence-corrected chi connectivity index (χ2v) is 13.3. The molecule has 1 spiro atoms. The lowest BCUT2D eigenvalue weighted by atomic mass is 9.74. The Kier molecular flexibility index (Phi) is 7.98. The molecule has 1 aromatic carbocycles. The number of fused-ring (bicyclic) bond motifs is 3. The lowest BCUT2D eigenvalue weighted by molar-refractivity contribution is -0.137. The Bertz CT molecular complexity index is 1760. The molecule has 1 aliphatic carbocycles. The second-order valence-electron chi connectivity index (χ2n) is 13.3. The van der Waals surface area contributed by atoms with E-state index in [0.717, 1.165) is 17.7 Å². The van der Waals surface area contributed by atoms with Crippen LogP contribution in [0, 0.1) is 0 Å². The molecule has 2 aliphatic heterocycles. The molecule has 11 nitrogen and oxygen atoms in total. The van der Waals surface area contributed by atoms with E-state index in [4.69, 9.17) is 14.5 Å². The molecule has 0 saturated carbocycles. The van der Waals surface area contributed by atoms with Crippen molar-refractivity contribution in [2.24, 2.45) is 0 Å². The zero-order valence-corrected chi connectivity index (χ0v) is 26.2. The summed E-state index contributed by atoms with van der Waals surface area (Å²) in [5.74, 6) is -0.0245. The minimum atomic E-state index is -4.49. The summed E-state index contributed by atoms with van der Waals surface area (Å²) < 4.78 is 53.2. The number of rotatable bonds is 4. The lowest BCUT2D eigenvalue weighted by Gasteiger charge is -2.40. The molecular weight excluding hydrogens is 605 g/mol. The van der Waals surface area contributed by atoms with Crippen molar-refractivity contribution in [3.63, 3.8) is 0 Å². The largest absolute Gasteiger partial charge is 0.444 e. The van der Waals surface area contributed by atoms with E-state index in [1.165, 1.54) is 16.6 Å². The first kappa shape index (κ1) is 31.8. The van der Waals surface area contributed by atoms with Gasteiger partial charge in [0, 0.05) is 35.4 Å². The summed E-state index contributed by atoms with van der Waals surface area (Å²) in [7, 11) is 0. The minimum Gasteiger partial charge on any atom is -0.444 e. The highest BCUT2D eigenvalue weighted by molar-refractivity contribution is 5.91. The van der Waals surface area contributed by atoms with Crippen molar-refractivity contribution in [2.75, 3.05) is 31.6 Å². The van der Waals surface area contributed by atoms with Gasteiger partial charge < -0.3 is 24.3 Å². The predicted octanol–water partition coefficient (Wildman–Crippen LogP) is 5.13. The minimum absolute atomic E-state index is 0.123. The molecule has 1 N–H and O–H groups in total. The van der Waals surface area contributed by atoms with E-state index in [0.29, 0.717) is 69.1 Å². The summed E-state index contributed by atoms with van der Waals surface area (Å²) in [4.78, 5) is 46.9. The quantitative estimate of drug-likeness (QED) is 0.419. The van der Waals surface area contributed by atoms with Crippen LogP contribution in [-0.4, -0.2) is 68.0 Å². The summed E-state index contributed by atoms with van der Waals surface area (Å²) in [6.45, 7) is 8.91. The highest BCUT2D eigenvalue weighted by atomic mass is 19.4. The van der Waals surface area contributed by atoms with Crippen LogP contribution >= 0.6 is 0 Å². The first-order valence-corrected chi connectivity index (χ1v) is 15.4. The van der Waals surface area contributed by atoms with Crippen molar-refractivity contribution < 1.29 is 32.2 Å². The van der Waals surface area contributed by atoms with Crippen LogP contribution in [0.2, 0.25) is 0 Å². The maximum Gasteiger partial charge on any atom is 0.416 e. The number of carbonyl (C=O) groups excluding carboxylic acids is 2. The van der Waals surface area contributed by atoms with E-state index in [2.05, 4.69) is 10.4 Å². The zero-order valence-electron chi connectivity index (χ0n) is 26.2. The maximum atomic E-state index is 14.3. The molecule has 2 amide bonds. The summed E-state index contributed by atoms with van der Waals surface area (Å²) >= 11 is 0. The highest BCUT2D eigenvalue weighted by Gasteiger charge is 2.49. The summed E-state index contributed by atoms with van der Waals surface area (Å²) in [6.07, 6.45) is -0.743. The van der Waals surface area contributed by atoms with Crippen LogP contribution in [0.15, 0.2) is 35.1 Å². The average molecular weight is 643 g/mol. The van der Waals surface area contributed by atoms with Gasteiger partial charge in [-0.05, 0) is 82.2 Å². The van der Waals surface area contributed by atoms with Gasteiger partial charge in [0.05, 0.1) is 18.8 Å². The van der Waals surface area contributed by atoms with Gasteiger partial charge in [-0.2, -0.15) is 22.7 Å². The van der Waals surface area contributed by atoms with Gasteiger partial charge in [-0.3, -0.25) is 9.59 Å². The number of anilines is 1. The summed E-state index contributed by atoms with van der Waals surface area (Å²) in [5, 5.41) is 7.29. The van der Waals surface area contributed by atoms with Gasteiger partial charge in [0.1, 0.15) is 12.1 Å². The standard InChI is InChI=1S/C32H37F3N6O5/c1-19-17-31(11-13-39(14-12-31)29(44)46-30(2,3)4)24-25(19)40(18-23(42)36-22-7-5-21(6-8-22)32(33,34)35)28-37-26(38-41(28)27(24)43)20-9-15-45-16-10-20/h5-9,19H,10-18H2,1-4H3,(H,36,42)/t19-/m1/s1. The molecule has 1 saturated heterocycles. The first-order chi connectivity index (χ1) is 21.6. The van der Waals surface area contributed by atoms with Crippen LogP contribution in [-0.2, 0) is 32.4 Å². The van der Waals surface area contributed by atoms with Crippen LogP contribution in [0.4, 0.5) is 23.7 Å². The van der Waals surface area contributed by atoms with E-state index < -0.39 is 34.8 Å². The molecule has 3 aromatic rings. The number of piperidine rings is 1. The fourth-order valence-electron chi connectivity index (χ4n) is 6.88. The monoisotopic (exact) mass is 642 g/mol. The number of ether oxygens (including phenoxy) is 2. The molecule has 46 heavy (non-hydrogen) atoms. The topological polar surface area (TPSA) is 120 Å². The van der Waals surface area contributed by atoms with Gasteiger partial charge in [-0.1, -0.05) is 13.0 Å². The number of nitrogens with one attached hydrogen (secondary N) is 1. The van der Waals surface area contributed by atoms with E-state index in [1.54, 1.807) is 9.47 Å². The van der Waals surface area contributed by atoms with E-state index in [9.17, 15) is 27.6 Å². The Balaban J connectivity index is 1.38. The van der Waals surface area contributed by atoms with Gasteiger partial charge >= 0.3 is 12.3 Å². The average Bonchev–Trinajstić information content (AvgIpc) is 3.55. The second kappa shape index (κ2) is 11.6. The fourth-order valence-corrected chi connectivity index (χ4v) is 6.88. The Hall–Kier alpha value is -4.20. The predicted molar refractivity (Wildman–Crippen MR) is 162 cm³/mol. The molecule has 1 atom stereocenters. The summed E-state index contributed by atoms with van der Waals surface area (Å²) in [5.41, 5.74) is -0.00260. The van der Waals surface area contributed by atoms with Crippen LogP contribution in [0.5, 0.6) is 0 Å². The van der Waals surface area contributed by atoms with Gasteiger partial charge in [0.2, 0.25) is 11.7 Å². The number of hydrogen-bond acceptors (Lipinski definition) is 7. The number of amides is 2. The number of carbonyl (C=O) groups is 2. The highest BCUT2D eigenvalue weighted by Crippen LogP contribution is 2.50. The number of halogens is 3. The third-order valence-corrected chi connectivity index (χ3v) is 8.90. The first-order valence-electron chi connectivity index (χ1n) is 15.4. The van der Waals surface area contributed by atoms with Gasteiger partial charge in [-0.25, -0.2) is 4.79 Å². The number of hydrogen-bond donors (Lipinski definition) is 1. The molecule has 0 bridgehead atoms. The number of alkyl halides is 3. The van der Waals surface area contributed by atoms with Crippen molar-refractivity contribution in [1.29, 1.82) is 0 Å². The molecule has 246 valence electrons. The Morgan fingerprint density at radius 3 is 2.43 bits per heavy atom. The maximum absolute atomic E-state index is 14.3. The SMILES string of the molecule is C[C@@H]1CC2(CCN(C(=O)OC(C)(C)C)CC2)c2c1n(CC(=O)Nc1ccc(C(F)(F)F)cc1)c1nc(C3=CCOCC3)nn1c2=O. The van der Waals surface area contributed by atoms with E-state index in [-0.39, 0.29) is 29.5 Å². The molecule has 6 rings (SSSR count). The normalized spacial score (nSPS) is 19.7. The van der Waals surface area contributed by atoms with Crippen LogP contribution in [0.1, 0.15) is 81.9 Å².